The van der Waals surface area contributed by atoms with Gasteiger partial charge in [-0.1, -0.05) is 59.4 Å². The highest BCUT2D eigenvalue weighted by Crippen LogP contribution is 2.27. The van der Waals surface area contributed by atoms with Crippen molar-refractivity contribution in [2.45, 2.75) is 112 Å². The Labute approximate surface area is 175 Å². The minimum Gasteiger partial charge on any atom is -0.299 e. The van der Waals surface area contributed by atoms with Gasteiger partial charge in [0.15, 0.2) is 0 Å². The molecule has 1 aliphatic rings. The van der Waals surface area contributed by atoms with Gasteiger partial charge in [0.05, 0.1) is 0 Å². The molecule has 1 nitrogen and oxygen atoms in total. The normalized spacial score (nSPS) is 16.5. The molecule has 0 saturated heterocycles. The number of ketones is 1. The van der Waals surface area contributed by atoms with Crippen LogP contribution in [-0.4, -0.2) is 5.78 Å². The van der Waals surface area contributed by atoms with E-state index in [1.807, 2.05) is 0 Å². The van der Waals surface area contributed by atoms with Crippen LogP contribution in [-0.2, 0) is 4.79 Å². The summed E-state index contributed by atoms with van der Waals surface area (Å²) in [6.07, 6.45) is 22.8. The molecule has 1 heteroatoms. The van der Waals surface area contributed by atoms with Crippen molar-refractivity contribution in [1.29, 1.82) is 0 Å². The van der Waals surface area contributed by atoms with Gasteiger partial charge in [0, 0.05) is 12.3 Å². The highest BCUT2D eigenvalue weighted by molar-refractivity contribution is 5.81. The summed E-state index contributed by atoms with van der Waals surface area (Å²) < 4.78 is 0. The number of hydrogen-bond acceptors (Lipinski definition) is 1. The van der Waals surface area contributed by atoms with Crippen LogP contribution in [0.3, 0.4) is 0 Å². The molecule has 0 aromatic rings. The van der Waals surface area contributed by atoms with Crippen LogP contribution in [0.5, 0.6) is 0 Å². The van der Waals surface area contributed by atoms with Gasteiger partial charge in [-0.3, -0.25) is 4.79 Å². The van der Waals surface area contributed by atoms with Gasteiger partial charge < -0.3 is 0 Å². The van der Waals surface area contributed by atoms with Crippen molar-refractivity contribution < 1.29 is 4.79 Å². The number of allylic oxidation sites excluding steroid dienone is 8. The van der Waals surface area contributed by atoms with Gasteiger partial charge >= 0.3 is 0 Å². The molecule has 0 aliphatic heterocycles. The molecule has 0 heterocycles. The molecule has 0 bridgehead atoms. The highest BCUT2D eigenvalue weighted by atomic mass is 16.1. The lowest BCUT2D eigenvalue weighted by Gasteiger charge is -2.06. The van der Waals surface area contributed by atoms with Gasteiger partial charge in [0.25, 0.3) is 0 Å². The van der Waals surface area contributed by atoms with Gasteiger partial charge in [-0.15, -0.1) is 0 Å². The average Bonchev–Trinajstić information content (AvgIpc) is 3.16. The van der Waals surface area contributed by atoms with Crippen LogP contribution in [0.25, 0.3) is 0 Å². The van der Waals surface area contributed by atoms with E-state index in [1.165, 1.54) is 48.0 Å². The topological polar surface area (TPSA) is 17.1 Å². The Bertz CT molecular complexity index is 575. The van der Waals surface area contributed by atoms with Crippen LogP contribution < -0.4 is 0 Å². The molecule has 0 amide bonds. The predicted molar refractivity (Wildman–Crippen MR) is 125 cm³/mol. The van der Waals surface area contributed by atoms with Crippen LogP contribution in [0.2, 0.25) is 0 Å². The summed E-state index contributed by atoms with van der Waals surface area (Å²) in [7, 11) is 0. The maximum absolute atomic E-state index is 12.1. The maximum Gasteiger partial charge on any atom is 0.136 e. The molecule has 0 atom stereocenters. The third-order valence-corrected chi connectivity index (χ3v) is 5.85. The summed E-state index contributed by atoms with van der Waals surface area (Å²) in [5.74, 6) is 0.880. The van der Waals surface area contributed by atoms with E-state index in [-0.39, 0.29) is 0 Å². The summed E-state index contributed by atoms with van der Waals surface area (Å²) in [4.78, 5) is 12.1. The van der Waals surface area contributed by atoms with E-state index >= 15 is 0 Å². The molecule has 0 aromatic heterocycles. The van der Waals surface area contributed by atoms with Crippen molar-refractivity contribution >= 4 is 5.78 Å². The first-order chi connectivity index (χ1) is 13.4. The van der Waals surface area contributed by atoms with E-state index in [0.717, 1.165) is 51.4 Å². The first kappa shape index (κ1) is 24.7. The molecule has 0 unspecified atom stereocenters. The number of carbonyl (C=O) groups excluding carboxylic acids is 1. The van der Waals surface area contributed by atoms with Gasteiger partial charge in [-0.2, -0.15) is 0 Å². The number of hydrogen-bond donors (Lipinski definition) is 0. The monoisotopic (exact) mass is 384 g/mol. The standard InChI is InChI=1S/C27H44O/c1-22(2)12-8-13-23(3)14-9-15-24(4)16-10-17-25(5)18-11-21-27(28)26-19-6-7-20-26/h12,14,16,18,26H,6-11,13,15,17,19-21H2,1-5H3/b23-14+,24-16+,25-18+. The Morgan fingerprint density at radius 1 is 0.643 bits per heavy atom. The Morgan fingerprint density at radius 2 is 1.04 bits per heavy atom. The second-order valence-electron chi connectivity index (χ2n) is 9.04. The second-order valence-corrected chi connectivity index (χ2v) is 9.04. The molecule has 0 radical (unpaired) electrons. The van der Waals surface area contributed by atoms with E-state index in [9.17, 15) is 4.79 Å². The first-order valence-corrected chi connectivity index (χ1v) is 11.5. The van der Waals surface area contributed by atoms with Crippen molar-refractivity contribution in [2.75, 3.05) is 0 Å². The fourth-order valence-corrected chi connectivity index (χ4v) is 3.90. The van der Waals surface area contributed by atoms with Crippen LogP contribution in [0.4, 0.5) is 0 Å². The van der Waals surface area contributed by atoms with Crippen LogP contribution in [0.15, 0.2) is 46.6 Å². The summed E-state index contributed by atoms with van der Waals surface area (Å²) in [5.41, 5.74) is 5.85. The Hall–Kier alpha value is -1.37. The fraction of sp³-hybridized carbons (Fsp3) is 0.667. The summed E-state index contributed by atoms with van der Waals surface area (Å²) >= 11 is 0. The zero-order valence-electron chi connectivity index (χ0n) is 19.3. The number of Topliss-reactive ketones (excluding diaryl/α,β-unsaturated/α-hetero) is 1. The van der Waals surface area contributed by atoms with Crippen LogP contribution in [0, 0.1) is 5.92 Å². The predicted octanol–water partition coefficient (Wildman–Crippen LogP) is 8.67. The molecular weight excluding hydrogens is 340 g/mol. The summed E-state index contributed by atoms with van der Waals surface area (Å²) in [5, 5.41) is 0. The van der Waals surface area contributed by atoms with E-state index in [0.29, 0.717) is 11.7 Å². The van der Waals surface area contributed by atoms with E-state index in [4.69, 9.17) is 0 Å². The smallest absolute Gasteiger partial charge is 0.136 e. The quantitative estimate of drug-likeness (QED) is 0.290. The zero-order valence-corrected chi connectivity index (χ0v) is 19.3. The molecule has 1 aliphatic carbocycles. The van der Waals surface area contributed by atoms with E-state index in [2.05, 4.69) is 58.9 Å². The molecule has 158 valence electrons. The second kappa shape index (κ2) is 14.6. The average molecular weight is 385 g/mol. The fourth-order valence-electron chi connectivity index (χ4n) is 3.90. The van der Waals surface area contributed by atoms with Gasteiger partial charge in [0.1, 0.15) is 5.78 Å². The molecule has 0 N–H and O–H groups in total. The van der Waals surface area contributed by atoms with Gasteiger partial charge in [-0.05, 0) is 92.4 Å². The van der Waals surface area contributed by atoms with Crippen LogP contribution in [0.1, 0.15) is 112 Å². The van der Waals surface area contributed by atoms with E-state index < -0.39 is 0 Å². The van der Waals surface area contributed by atoms with Gasteiger partial charge in [0.2, 0.25) is 0 Å². The van der Waals surface area contributed by atoms with Crippen molar-refractivity contribution in [2.24, 2.45) is 5.92 Å². The van der Waals surface area contributed by atoms with Crippen LogP contribution >= 0.6 is 0 Å². The lowest BCUT2D eigenvalue weighted by molar-refractivity contribution is -0.122. The molecule has 1 saturated carbocycles. The Morgan fingerprint density at radius 3 is 1.46 bits per heavy atom. The Kier molecular flexibility index (Phi) is 12.9. The lowest BCUT2D eigenvalue weighted by Crippen LogP contribution is -2.09. The summed E-state index contributed by atoms with van der Waals surface area (Å²) in [6.45, 7) is 11.1. The van der Waals surface area contributed by atoms with E-state index in [1.54, 1.807) is 0 Å². The third kappa shape index (κ3) is 12.2. The number of carbonyl (C=O) groups is 1. The molecular formula is C27H44O. The maximum atomic E-state index is 12.1. The van der Waals surface area contributed by atoms with Gasteiger partial charge in [-0.25, -0.2) is 0 Å². The number of rotatable bonds is 13. The minimum absolute atomic E-state index is 0.379. The zero-order chi connectivity index (χ0) is 20.8. The van der Waals surface area contributed by atoms with Crippen molar-refractivity contribution in [3.63, 3.8) is 0 Å². The third-order valence-electron chi connectivity index (χ3n) is 5.85. The molecule has 1 fully saturated rings. The Balaban J connectivity index is 2.18. The SMILES string of the molecule is CC(C)=CCC/C(C)=C/CC/C(C)=C/CC/C(C)=C/CCC(=O)C1CCCC1. The van der Waals surface area contributed by atoms with Crippen molar-refractivity contribution in [3.8, 4) is 0 Å². The summed E-state index contributed by atoms with van der Waals surface area (Å²) in [6, 6.07) is 0. The molecule has 1 rings (SSSR count). The first-order valence-electron chi connectivity index (χ1n) is 11.5. The largest absolute Gasteiger partial charge is 0.299 e. The minimum atomic E-state index is 0.379. The van der Waals surface area contributed by atoms with Crippen molar-refractivity contribution in [3.05, 3.63) is 46.6 Å². The molecule has 0 aromatic carbocycles. The molecule has 0 spiro atoms. The lowest BCUT2D eigenvalue weighted by atomic mass is 9.98. The molecule has 28 heavy (non-hydrogen) atoms. The van der Waals surface area contributed by atoms with Crippen molar-refractivity contribution in [1.82, 2.24) is 0 Å². The highest BCUT2D eigenvalue weighted by Gasteiger charge is 2.21.